The SMILES string of the molecule is Cc1cc(C)nc(NC(=O)N[C@H](C)c2ccccn2)c1. The van der Waals surface area contributed by atoms with Crippen molar-refractivity contribution < 1.29 is 4.79 Å². The van der Waals surface area contributed by atoms with Crippen molar-refractivity contribution in [3.05, 3.63) is 53.5 Å². The molecule has 2 N–H and O–H groups in total. The lowest BCUT2D eigenvalue weighted by atomic mass is 10.2. The maximum Gasteiger partial charge on any atom is 0.320 e. The Morgan fingerprint density at radius 1 is 1.25 bits per heavy atom. The Labute approximate surface area is 118 Å². The zero-order chi connectivity index (χ0) is 14.5. The van der Waals surface area contributed by atoms with Gasteiger partial charge in [0, 0.05) is 11.9 Å². The molecule has 1 atom stereocenters. The highest BCUT2D eigenvalue weighted by Gasteiger charge is 2.10. The normalized spacial score (nSPS) is 11.8. The Balaban J connectivity index is 1.99. The lowest BCUT2D eigenvalue weighted by Gasteiger charge is -2.14. The van der Waals surface area contributed by atoms with Crippen LogP contribution in [0.1, 0.15) is 29.9 Å². The van der Waals surface area contributed by atoms with Gasteiger partial charge in [-0.1, -0.05) is 6.07 Å². The molecule has 0 aliphatic carbocycles. The first-order chi connectivity index (χ1) is 9.54. The molecule has 0 bridgehead atoms. The summed E-state index contributed by atoms with van der Waals surface area (Å²) < 4.78 is 0. The van der Waals surface area contributed by atoms with Gasteiger partial charge in [-0.3, -0.25) is 10.3 Å². The van der Waals surface area contributed by atoms with Crippen molar-refractivity contribution in [3.8, 4) is 0 Å². The van der Waals surface area contributed by atoms with Crippen molar-refractivity contribution in [2.75, 3.05) is 5.32 Å². The standard InChI is InChI=1S/C15H18N4O/c1-10-8-11(2)17-14(9-10)19-15(20)18-12(3)13-6-4-5-7-16-13/h4-9,12H,1-3H3,(H2,17,18,19,20)/t12-/m1/s1. The molecule has 20 heavy (non-hydrogen) atoms. The van der Waals surface area contributed by atoms with Crippen LogP contribution in [0.2, 0.25) is 0 Å². The Hall–Kier alpha value is -2.43. The summed E-state index contributed by atoms with van der Waals surface area (Å²) in [5.41, 5.74) is 2.75. The third-order valence-electron chi connectivity index (χ3n) is 2.82. The van der Waals surface area contributed by atoms with Crippen LogP contribution < -0.4 is 10.6 Å². The fraction of sp³-hybridized carbons (Fsp3) is 0.267. The second-order valence-corrected chi connectivity index (χ2v) is 4.75. The van der Waals surface area contributed by atoms with E-state index in [0.29, 0.717) is 5.82 Å². The summed E-state index contributed by atoms with van der Waals surface area (Å²) in [7, 11) is 0. The number of carbonyl (C=O) groups excluding carboxylic acids is 1. The summed E-state index contributed by atoms with van der Waals surface area (Å²) in [6, 6.07) is 8.94. The minimum Gasteiger partial charge on any atom is -0.330 e. The van der Waals surface area contributed by atoms with E-state index in [0.717, 1.165) is 17.0 Å². The molecule has 2 rings (SSSR count). The third-order valence-corrected chi connectivity index (χ3v) is 2.82. The van der Waals surface area contributed by atoms with Crippen LogP contribution in [-0.2, 0) is 0 Å². The summed E-state index contributed by atoms with van der Waals surface area (Å²) in [4.78, 5) is 20.4. The molecular weight excluding hydrogens is 252 g/mol. The van der Waals surface area contributed by atoms with E-state index < -0.39 is 0 Å². The van der Waals surface area contributed by atoms with Crippen molar-refractivity contribution >= 4 is 11.8 Å². The summed E-state index contributed by atoms with van der Waals surface area (Å²) >= 11 is 0. The number of hydrogen-bond acceptors (Lipinski definition) is 3. The summed E-state index contributed by atoms with van der Waals surface area (Å²) in [5.74, 6) is 0.549. The highest BCUT2D eigenvalue weighted by molar-refractivity contribution is 5.88. The van der Waals surface area contributed by atoms with E-state index in [1.807, 2.05) is 51.1 Å². The molecular formula is C15H18N4O. The maximum absolute atomic E-state index is 11.9. The van der Waals surface area contributed by atoms with Crippen LogP contribution in [0.25, 0.3) is 0 Å². The lowest BCUT2D eigenvalue weighted by molar-refractivity contribution is 0.249. The molecule has 2 aromatic heterocycles. The van der Waals surface area contributed by atoms with Gasteiger partial charge < -0.3 is 5.32 Å². The molecule has 0 radical (unpaired) electrons. The molecule has 0 saturated heterocycles. The van der Waals surface area contributed by atoms with Crippen LogP contribution in [0.3, 0.4) is 0 Å². The minimum atomic E-state index is -0.291. The van der Waals surface area contributed by atoms with Crippen LogP contribution in [0, 0.1) is 13.8 Å². The largest absolute Gasteiger partial charge is 0.330 e. The summed E-state index contributed by atoms with van der Waals surface area (Å²) in [6.45, 7) is 5.75. The van der Waals surface area contributed by atoms with Crippen molar-refractivity contribution in [1.82, 2.24) is 15.3 Å². The molecule has 0 spiro atoms. The number of carbonyl (C=O) groups is 1. The van der Waals surface area contributed by atoms with Gasteiger partial charge in [-0.25, -0.2) is 9.78 Å². The fourth-order valence-corrected chi connectivity index (χ4v) is 1.96. The van der Waals surface area contributed by atoms with Gasteiger partial charge >= 0.3 is 6.03 Å². The highest BCUT2D eigenvalue weighted by atomic mass is 16.2. The zero-order valence-electron chi connectivity index (χ0n) is 11.8. The van der Waals surface area contributed by atoms with Crippen molar-refractivity contribution in [3.63, 3.8) is 0 Å². The van der Waals surface area contributed by atoms with E-state index in [1.165, 1.54) is 0 Å². The molecule has 5 nitrogen and oxygen atoms in total. The lowest BCUT2D eigenvalue weighted by Crippen LogP contribution is -2.31. The van der Waals surface area contributed by atoms with Gasteiger partial charge in [-0.15, -0.1) is 0 Å². The molecule has 0 aromatic carbocycles. The van der Waals surface area contributed by atoms with Gasteiger partial charge in [0.05, 0.1) is 11.7 Å². The van der Waals surface area contributed by atoms with Crippen molar-refractivity contribution in [2.45, 2.75) is 26.8 Å². The fourth-order valence-electron chi connectivity index (χ4n) is 1.96. The topological polar surface area (TPSA) is 66.9 Å². The first kappa shape index (κ1) is 14.0. The van der Waals surface area contributed by atoms with E-state index in [2.05, 4.69) is 20.6 Å². The number of nitrogens with one attached hydrogen (secondary N) is 2. The van der Waals surface area contributed by atoms with E-state index in [4.69, 9.17) is 0 Å². The number of rotatable bonds is 3. The summed E-state index contributed by atoms with van der Waals surface area (Å²) in [5, 5.41) is 5.57. The molecule has 5 heteroatoms. The third kappa shape index (κ3) is 3.78. The Morgan fingerprint density at radius 3 is 2.70 bits per heavy atom. The predicted octanol–water partition coefficient (Wildman–Crippen LogP) is 2.98. The minimum absolute atomic E-state index is 0.165. The second-order valence-electron chi connectivity index (χ2n) is 4.75. The molecule has 2 amide bonds. The van der Waals surface area contributed by atoms with Crippen LogP contribution in [0.5, 0.6) is 0 Å². The molecule has 2 aromatic rings. The van der Waals surface area contributed by atoms with Crippen LogP contribution in [-0.4, -0.2) is 16.0 Å². The Morgan fingerprint density at radius 2 is 2.05 bits per heavy atom. The monoisotopic (exact) mass is 270 g/mol. The van der Waals surface area contributed by atoms with Crippen molar-refractivity contribution in [2.24, 2.45) is 0 Å². The first-order valence-electron chi connectivity index (χ1n) is 6.48. The number of urea groups is 1. The van der Waals surface area contributed by atoms with Gasteiger partial charge in [-0.05, 0) is 50.6 Å². The number of nitrogens with zero attached hydrogens (tertiary/aromatic N) is 2. The van der Waals surface area contributed by atoms with Gasteiger partial charge in [0.25, 0.3) is 0 Å². The number of hydrogen-bond donors (Lipinski definition) is 2. The molecule has 0 unspecified atom stereocenters. The number of amides is 2. The molecule has 104 valence electrons. The van der Waals surface area contributed by atoms with Gasteiger partial charge in [0.1, 0.15) is 5.82 Å². The second kappa shape index (κ2) is 6.14. The number of pyridine rings is 2. The van der Waals surface area contributed by atoms with E-state index >= 15 is 0 Å². The molecule has 0 aliphatic rings. The van der Waals surface area contributed by atoms with E-state index in [1.54, 1.807) is 6.20 Å². The molecule has 0 saturated carbocycles. The van der Waals surface area contributed by atoms with Crippen LogP contribution in [0.15, 0.2) is 36.5 Å². The maximum atomic E-state index is 11.9. The Kier molecular flexibility index (Phi) is 4.30. The van der Waals surface area contributed by atoms with E-state index in [-0.39, 0.29) is 12.1 Å². The smallest absolute Gasteiger partial charge is 0.320 e. The first-order valence-corrected chi connectivity index (χ1v) is 6.48. The highest BCUT2D eigenvalue weighted by Crippen LogP contribution is 2.11. The molecule has 2 heterocycles. The summed E-state index contributed by atoms with van der Waals surface area (Å²) in [6.07, 6.45) is 1.71. The zero-order valence-corrected chi connectivity index (χ0v) is 11.8. The predicted molar refractivity (Wildman–Crippen MR) is 78.5 cm³/mol. The molecule has 0 aliphatic heterocycles. The number of aryl methyl sites for hydroxylation is 2. The molecule has 0 fully saturated rings. The van der Waals surface area contributed by atoms with Crippen LogP contribution in [0.4, 0.5) is 10.6 Å². The van der Waals surface area contributed by atoms with Crippen molar-refractivity contribution in [1.29, 1.82) is 0 Å². The average Bonchev–Trinajstić information content (AvgIpc) is 2.38. The van der Waals surface area contributed by atoms with Gasteiger partial charge in [0.15, 0.2) is 0 Å². The van der Waals surface area contributed by atoms with Crippen LogP contribution >= 0.6 is 0 Å². The van der Waals surface area contributed by atoms with E-state index in [9.17, 15) is 4.79 Å². The Bertz CT molecular complexity index is 578. The van der Waals surface area contributed by atoms with Gasteiger partial charge in [0.2, 0.25) is 0 Å². The average molecular weight is 270 g/mol. The van der Waals surface area contributed by atoms with Gasteiger partial charge in [-0.2, -0.15) is 0 Å². The quantitative estimate of drug-likeness (QED) is 0.901. The number of aromatic nitrogens is 2. The number of anilines is 1.